The van der Waals surface area contributed by atoms with Crippen molar-refractivity contribution in [1.29, 1.82) is 0 Å². The highest BCUT2D eigenvalue weighted by atomic mass is 16.3. The molecular formula is C16H20N4O3. The topological polar surface area (TPSA) is 114 Å². The average molecular weight is 316 g/mol. The molecule has 7 heteroatoms. The molecule has 1 aromatic heterocycles. The molecule has 1 aliphatic heterocycles. The van der Waals surface area contributed by atoms with Gasteiger partial charge in [-0.25, -0.2) is 0 Å². The van der Waals surface area contributed by atoms with Gasteiger partial charge in [-0.2, -0.15) is 0 Å². The third kappa shape index (κ3) is 2.42. The van der Waals surface area contributed by atoms with Crippen molar-refractivity contribution >= 4 is 5.91 Å². The molecule has 0 saturated heterocycles. The summed E-state index contributed by atoms with van der Waals surface area (Å²) < 4.78 is 1.65. The molecule has 2 aromatic rings. The third-order valence-corrected chi connectivity index (χ3v) is 4.26. The molecule has 0 spiro atoms. The minimum atomic E-state index is -0.645. The molecule has 0 fully saturated rings. The first kappa shape index (κ1) is 15.3. The maximum Gasteiger partial charge on any atom is 0.286 e. The Labute approximate surface area is 133 Å². The Morgan fingerprint density at radius 2 is 2.00 bits per heavy atom. The van der Waals surface area contributed by atoms with Crippen molar-refractivity contribution < 1.29 is 15.0 Å². The second kappa shape index (κ2) is 5.57. The molecule has 0 unspecified atom stereocenters. The molecule has 1 amide bonds. The van der Waals surface area contributed by atoms with Gasteiger partial charge in [0.1, 0.15) is 11.5 Å². The van der Waals surface area contributed by atoms with Crippen molar-refractivity contribution in [2.45, 2.75) is 45.6 Å². The number of hydrogen-bond donors (Lipinski definition) is 3. The van der Waals surface area contributed by atoms with Crippen molar-refractivity contribution in [3.05, 3.63) is 23.0 Å². The van der Waals surface area contributed by atoms with Gasteiger partial charge >= 0.3 is 0 Å². The summed E-state index contributed by atoms with van der Waals surface area (Å²) in [5, 5.41) is 28.6. The van der Waals surface area contributed by atoms with Gasteiger partial charge in [0, 0.05) is 18.2 Å². The van der Waals surface area contributed by atoms with Gasteiger partial charge in [0.2, 0.25) is 5.82 Å². The number of fused-ring (bicyclic) bond motifs is 3. The maximum atomic E-state index is 11.6. The molecule has 0 bridgehead atoms. The van der Waals surface area contributed by atoms with Crippen LogP contribution in [-0.2, 0) is 13.0 Å². The van der Waals surface area contributed by atoms with E-state index in [0.717, 1.165) is 30.4 Å². The summed E-state index contributed by atoms with van der Waals surface area (Å²) >= 11 is 0. The van der Waals surface area contributed by atoms with E-state index >= 15 is 0 Å². The standard InChI is InChI=1S/C16H20N4O3/c1-8(2)12-9-5-3-4-6-20-15(18-19-16(20)14(17)23)13(9)11(22)7-10(12)21/h7-8,21-22H,3-6H2,1-2H3,(H2,17,23). The number of primary amides is 1. The Morgan fingerprint density at radius 1 is 1.26 bits per heavy atom. The molecule has 0 saturated carbocycles. The minimum absolute atomic E-state index is 0.0616. The fourth-order valence-corrected chi connectivity index (χ4v) is 3.33. The average Bonchev–Trinajstić information content (AvgIpc) is 2.83. The zero-order valence-corrected chi connectivity index (χ0v) is 13.2. The number of carbonyl (C=O) groups excluding carboxylic acids is 1. The van der Waals surface area contributed by atoms with E-state index in [1.54, 1.807) is 4.57 Å². The number of nitrogens with zero attached hydrogens (tertiary/aromatic N) is 3. The monoisotopic (exact) mass is 316 g/mol. The van der Waals surface area contributed by atoms with Gasteiger partial charge in [-0.15, -0.1) is 10.2 Å². The highest BCUT2D eigenvalue weighted by Crippen LogP contribution is 2.43. The van der Waals surface area contributed by atoms with Gasteiger partial charge in [0.05, 0.1) is 5.56 Å². The van der Waals surface area contributed by atoms with Crippen molar-refractivity contribution in [2.24, 2.45) is 5.73 Å². The fraction of sp³-hybridized carbons (Fsp3) is 0.438. The van der Waals surface area contributed by atoms with E-state index in [2.05, 4.69) is 10.2 Å². The van der Waals surface area contributed by atoms with Crippen molar-refractivity contribution in [3.63, 3.8) is 0 Å². The predicted molar refractivity (Wildman–Crippen MR) is 84.3 cm³/mol. The van der Waals surface area contributed by atoms with E-state index in [1.807, 2.05) is 13.8 Å². The minimum Gasteiger partial charge on any atom is -0.508 e. The SMILES string of the molecule is CC(C)c1c(O)cc(O)c2c1CCCCn1c(C(N)=O)nnc1-2. The Kier molecular flexibility index (Phi) is 3.71. The molecular weight excluding hydrogens is 296 g/mol. The molecule has 3 rings (SSSR count). The molecule has 0 aliphatic carbocycles. The zero-order chi connectivity index (χ0) is 16.7. The molecule has 1 aromatic carbocycles. The first-order valence-corrected chi connectivity index (χ1v) is 7.72. The Morgan fingerprint density at radius 3 is 2.65 bits per heavy atom. The number of nitrogens with two attached hydrogens (primary N) is 1. The van der Waals surface area contributed by atoms with E-state index in [4.69, 9.17) is 5.73 Å². The summed E-state index contributed by atoms with van der Waals surface area (Å²) in [6.45, 7) is 4.55. The summed E-state index contributed by atoms with van der Waals surface area (Å²) in [6, 6.07) is 1.33. The Hall–Kier alpha value is -2.57. The van der Waals surface area contributed by atoms with Crippen LogP contribution in [0.4, 0.5) is 0 Å². The van der Waals surface area contributed by atoms with Crippen molar-refractivity contribution in [2.75, 3.05) is 0 Å². The first-order valence-electron chi connectivity index (χ1n) is 7.72. The number of amides is 1. The molecule has 0 radical (unpaired) electrons. The van der Waals surface area contributed by atoms with Crippen LogP contribution in [0, 0.1) is 0 Å². The second-order valence-corrected chi connectivity index (χ2v) is 6.16. The summed E-state index contributed by atoms with van der Waals surface area (Å²) in [5.41, 5.74) is 7.57. The van der Waals surface area contributed by atoms with Gasteiger partial charge in [-0.05, 0) is 30.7 Å². The van der Waals surface area contributed by atoms with Crippen LogP contribution < -0.4 is 5.73 Å². The lowest BCUT2D eigenvalue weighted by Crippen LogP contribution is -2.20. The summed E-state index contributed by atoms with van der Waals surface area (Å²) in [4.78, 5) is 11.6. The van der Waals surface area contributed by atoms with Crippen molar-refractivity contribution in [3.8, 4) is 22.9 Å². The van der Waals surface area contributed by atoms with E-state index < -0.39 is 5.91 Å². The number of hydrogen-bond acceptors (Lipinski definition) is 5. The molecule has 0 atom stereocenters. The normalized spacial score (nSPS) is 14.0. The lowest BCUT2D eigenvalue weighted by atomic mass is 9.87. The van der Waals surface area contributed by atoms with Crippen LogP contribution in [-0.4, -0.2) is 30.9 Å². The number of rotatable bonds is 2. The number of carbonyl (C=O) groups is 1. The number of aromatic nitrogens is 3. The second-order valence-electron chi connectivity index (χ2n) is 6.16. The van der Waals surface area contributed by atoms with Crippen LogP contribution in [0.2, 0.25) is 0 Å². The van der Waals surface area contributed by atoms with Crippen LogP contribution in [0.3, 0.4) is 0 Å². The molecule has 23 heavy (non-hydrogen) atoms. The first-order chi connectivity index (χ1) is 10.9. The lowest BCUT2D eigenvalue weighted by Gasteiger charge is -2.22. The Balaban J connectivity index is 2.34. The van der Waals surface area contributed by atoms with Crippen LogP contribution in [0.5, 0.6) is 11.5 Å². The van der Waals surface area contributed by atoms with Crippen LogP contribution in [0.15, 0.2) is 6.07 Å². The molecule has 4 N–H and O–H groups in total. The highest BCUT2D eigenvalue weighted by molar-refractivity contribution is 5.90. The van der Waals surface area contributed by atoms with E-state index in [-0.39, 0.29) is 23.2 Å². The quantitative estimate of drug-likeness (QED) is 0.783. The van der Waals surface area contributed by atoms with Gasteiger partial charge in [-0.3, -0.25) is 4.79 Å². The third-order valence-electron chi connectivity index (χ3n) is 4.26. The lowest BCUT2D eigenvalue weighted by molar-refractivity contribution is 0.0985. The number of phenols is 2. The van der Waals surface area contributed by atoms with Crippen LogP contribution >= 0.6 is 0 Å². The number of phenolic OH excluding ortho intramolecular Hbond substituents is 2. The Bertz CT molecular complexity index is 780. The zero-order valence-electron chi connectivity index (χ0n) is 13.2. The van der Waals surface area contributed by atoms with Crippen molar-refractivity contribution in [1.82, 2.24) is 14.8 Å². The maximum absolute atomic E-state index is 11.6. The molecule has 122 valence electrons. The van der Waals surface area contributed by atoms with Crippen LogP contribution in [0.25, 0.3) is 11.4 Å². The smallest absolute Gasteiger partial charge is 0.286 e. The fourth-order valence-electron chi connectivity index (χ4n) is 3.33. The molecule has 1 aliphatic rings. The molecule has 7 nitrogen and oxygen atoms in total. The van der Waals surface area contributed by atoms with E-state index in [9.17, 15) is 15.0 Å². The van der Waals surface area contributed by atoms with Crippen LogP contribution in [0.1, 0.15) is 54.4 Å². The highest BCUT2D eigenvalue weighted by Gasteiger charge is 2.27. The van der Waals surface area contributed by atoms with Gasteiger partial charge in [0.15, 0.2) is 5.82 Å². The van der Waals surface area contributed by atoms with Gasteiger partial charge in [-0.1, -0.05) is 13.8 Å². The van der Waals surface area contributed by atoms with E-state index in [0.29, 0.717) is 17.9 Å². The van der Waals surface area contributed by atoms with E-state index in [1.165, 1.54) is 6.07 Å². The van der Waals surface area contributed by atoms with Gasteiger partial charge in [0.25, 0.3) is 5.91 Å². The largest absolute Gasteiger partial charge is 0.508 e. The summed E-state index contributed by atoms with van der Waals surface area (Å²) in [5.74, 6) is -0.0187. The predicted octanol–water partition coefficient (Wildman–Crippen LogP) is 1.91. The van der Waals surface area contributed by atoms with Gasteiger partial charge < -0.3 is 20.5 Å². The molecule has 2 heterocycles. The number of aromatic hydroxyl groups is 2. The summed E-state index contributed by atoms with van der Waals surface area (Å²) in [6.07, 6.45) is 2.42. The number of benzene rings is 1. The summed E-state index contributed by atoms with van der Waals surface area (Å²) in [7, 11) is 0.